The van der Waals surface area contributed by atoms with Gasteiger partial charge in [-0.25, -0.2) is 23.2 Å². The van der Waals surface area contributed by atoms with Crippen molar-refractivity contribution >= 4 is 27.5 Å². The lowest BCUT2D eigenvalue weighted by Gasteiger charge is -2.38. The molecule has 3 rings (SSSR count). The van der Waals surface area contributed by atoms with Gasteiger partial charge in [0, 0.05) is 31.8 Å². The highest BCUT2D eigenvalue weighted by Gasteiger charge is 2.44. The van der Waals surface area contributed by atoms with E-state index in [4.69, 9.17) is 16.3 Å². The van der Waals surface area contributed by atoms with E-state index < -0.39 is 33.4 Å². The normalized spacial score (nSPS) is 35.8. The molecule has 0 radical (unpaired) electrons. The van der Waals surface area contributed by atoms with Crippen molar-refractivity contribution in [3.05, 3.63) is 0 Å². The summed E-state index contributed by atoms with van der Waals surface area (Å²) in [4.78, 5) is 14.6. The minimum absolute atomic E-state index is 0.0147. The smallest absolute Gasteiger partial charge is 0.241 e. The average Bonchev–Trinajstić information content (AvgIpc) is 3.09. The lowest BCUT2D eigenvalue weighted by molar-refractivity contribution is -0.129. The summed E-state index contributed by atoms with van der Waals surface area (Å²) >= 11 is 6.15. The first kappa shape index (κ1) is 22.1. The number of sulfonamides is 1. The van der Waals surface area contributed by atoms with Crippen LogP contribution in [0.2, 0.25) is 0 Å². The van der Waals surface area contributed by atoms with E-state index in [2.05, 4.69) is 21.2 Å². The number of hydrogen-bond donors (Lipinski definition) is 4. The highest BCUT2D eigenvalue weighted by Crippen LogP contribution is 2.33. The zero-order valence-corrected chi connectivity index (χ0v) is 17.4. The van der Waals surface area contributed by atoms with Crippen LogP contribution in [-0.4, -0.2) is 68.5 Å². The van der Waals surface area contributed by atoms with Crippen LogP contribution < -0.4 is 21.2 Å². The molecule has 162 valence electrons. The van der Waals surface area contributed by atoms with Crippen molar-refractivity contribution < 1.29 is 22.3 Å². The maximum atomic E-state index is 14.6. The van der Waals surface area contributed by atoms with Crippen LogP contribution in [0.25, 0.3) is 0 Å². The Morgan fingerprint density at radius 2 is 2.04 bits per heavy atom. The summed E-state index contributed by atoms with van der Waals surface area (Å²) in [6, 6.07) is 0.0997. The number of alkyl halides is 2. The van der Waals surface area contributed by atoms with Crippen molar-refractivity contribution in [2.24, 2.45) is 11.8 Å². The summed E-state index contributed by atoms with van der Waals surface area (Å²) in [7, 11) is -3.71. The van der Waals surface area contributed by atoms with Gasteiger partial charge in [-0.05, 0) is 38.5 Å². The number of carbonyl (C=O) groups is 1. The van der Waals surface area contributed by atoms with Crippen LogP contribution in [0.4, 0.5) is 4.39 Å². The van der Waals surface area contributed by atoms with Gasteiger partial charge < -0.3 is 4.74 Å². The van der Waals surface area contributed by atoms with Crippen LogP contribution >= 0.6 is 11.6 Å². The van der Waals surface area contributed by atoms with Crippen molar-refractivity contribution in [2.45, 2.75) is 56.2 Å². The Morgan fingerprint density at radius 1 is 1.32 bits per heavy atom. The van der Waals surface area contributed by atoms with Crippen LogP contribution in [0.5, 0.6) is 0 Å². The van der Waals surface area contributed by atoms with E-state index in [1.54, 1.807) is 0 Å². The van der Waals surface area contributed by atoms with Crippen molar-refractivity contribution in [2.75, 3.05) is 25.5 Å². The number of ether oxygens (including phenoxy) is 1. The SMILES string of the molecule is CC1CN(C2CC(Cl)C(F)C(C(=O)NNS(=O)(=O)CC3CCOCC3)C2)NN1. The van der Waals surface area contributed by atoms with Crippen molar-refractivity contribution in [3.63, 3.8) is 0 Å². The second-order valence-corrected chi connectivity index (χ2v) is 10.3. The monoisotopic (exact) mass is 441 g/mol. The lowest BCUT2D eigenvalue weighted by Crippen LogP contribution is -2.55. The zero-order chi connectivity index (χ0) is 20.3. The number of hydrogen-bond acceptors (Lipinski definition) is 7. The molecular weight excluding hydrogens is 413 g/mol. The Kier molecular flexibility index (Phi) is 7.51. The summed E-state index contributed by atoms with van der Waals surface area (Å²) in [5.41, 5.74) is 8.27. The molecule has 28 heavy (non-hydrogen) atoms. The first-order chi connectivity index (χ1) is 13.2. The third kappa shape index (κ3) is 5.74. The predicted molar refractivity (Wildman–Crippen MR) is 102 cm³/mol. The molecule has 0 bridgehead atoms. The van der Waals surface area contributed by atoms with E-state index in [9.17, 15) is 17.6 Å². The molecule has 3 aliphatic rings. The van der Waals surface area contributed by atoms with Crippen molar-refractivity contribution in [1.29, 1.82) is 0 Å². The molecule has 0 aromatic rings. The highest BCUT2D eigenvalue weighted by atomic mass is 35.5. The quantitative estimate of drug-likeness (QED) is 0.333. The number of carbonyl (C=O) groups excluding carboxylic acids is 1. The molecule has 2 aliphatic heterocycles. The number of hydrazine groups is 3. The Hall–Kier alpha value is -0.560. The molecule has 9 nitrogen and oxygen atoms in total. The first-order valence-corrected chi connectivity index (χ1v) is 11.8. The van der Waals surface area contributed by atoms with Crippen LogP contribution in [0.3, 0.4) is 0 Å². The Labute approximate surface area is 170 Å². The summed E-state index contributed by atoms with van der Waals surface area (Å²) in [5.74, 6) is -1.83. The van der Waals surface area contributed by atoms with E-state index in [-0.39, 0.29) is 30.2 Å². The molecule has 5 unspecified atom stereocenters. The Balaban J connectivity index is 1.54. The summed E-state index contributed by atoms with van der Waals surface area (Å²) in [6.07, 6.45) is 0.443. The molecule has 12 heteroatoms. The molecule has 2 heterocycles. The molecule has 2 saturated heterocycles. The van der Waals surface area contributed by atoms with Gasteiger partial charge in [-0.2, -0.15) is 5.53 Å². The number of nitrogens with one attached hydrogen (secondary N) is 4. The maximum Gasteiger partial charge on any atom is 0.241 e. The molecule has 3 fully saturated rings. The largest absolute Gasteiger partial charge is 0.381 e. The zero-order valence-electron chi connectivity index (χ0n) is 15.9. The van der Waals surface area contributed by atoms with Gasteiger partial charge in [0.2, 0.25) is 15.9 Å². The summed E-state index contributed by atoms with van der Waals surface area (Å²) in [5, 5.41) is 1.10. The van der Waals surface area contributed by atoms with E-state index in [0.717, 1.165) is 0 Å². The van der Waals surface area contributed by atoms with E-state index >= 15 is 0 Å². The predicted octanol–water partition coefficient (Wildman–Crippen LogP) is -0.199. The molecule has 0 spiro atoms. The van der Waals surface area contributed by atoms with Crippen LogP contribution in [-0.2, 0) is 19.6 Å². The van der Waals surface area contributed by atoms with E-state index in [1.807, 2.05) is 11.9 Å². The third-order valence-corrected chi connectivity index (χ3v) is 7.32. The van der Waals surface area contributed by atoms with Gasteiger partial charge in [0.1, 0.15) is 6.17 Å². The molecule has 1 amide bonds. The van der Waals surface area contributed by atoms with Gasteiger partial charge in [0.15, 0.2) is 0 Å². The summed E-state index contributed by atoms with van der Waals surface area (Å²) in [6.45, 7) is 3.78. The molecule has 0 aromatic heterocycles. The molecule has 4 N–H and O–H groups in total. The molecule has 0 aromatic carbocycles. The van der Waals surface area contributed by atoms with Gasteiger partial charge in [0.25, 0.3) is 0 Å². The van der Waals surface area contributed by atoms with Crippen LogP contribution in [0.1, 0.15) is 32.6 Å². The van der Waals surface area contributed by atoms with Gasteiger partial charge in [-0.15, -0.1) is 16.4 Å². The highest BCUT2D eigenvalue weighted by molar-refractivity contribution is 7.89. The third-order valence-electron chi connectivity index (χ3n) is 5.58. The number of amides is 1. The fourth-order valence-corrected chi connectivity index (χ4v) is 5.65. The Bertz CT molecular complexity index is 651. The fraction of sp³-hybridized carbons (Fsp3) is 0.938. The van der Waals surface area contributed by atoms with Crippen molar-refractivity contribution in [3.8, 4) is 0 Å². The lowest BCUT2D eigenvalue weighted by atomic mass is 9.83. The molecule has 1 saturated carbocycles. The second kappa shape index (κ2) is 9.50. The first-order valence-electron chi connectivity index (χ1n) is 9.68. The van der Waals surface area contributed by atoms with Gasteiger partial charge in [-0.3, -0.25) is 10.2 Å². The minimum atomic E-state index is -3.71. The number of nitrogens with zero attached hydrogens (tertiary/aromatic N) is 1. The van der Waals surface area contributed by atoms with Gasteiger partial charge in [0.05, 0.1) is 17.0 Å². The van der Waals surface area contributed by atoms with E-state index in [0.29, 0.717) is 39.0 Å². The minimum Gasteiger partial charge on any atom is -0.381 e. The van der Waals surface area contributed by atoms with Crippen LogP contribution in [0.15, 0.2) is 0 Å². The second-order valence-electron chi connectivity index (χ2n) is 7.93. The van der Waals surface area contributed by atoms with Gasteiger partial charge in [-0.1, -0.05) is 0 Å². The van der Waals surface area contributed by atoms with Gasteiger partial charge >= 0.3 is 0 Å². The van der Waals surface area contributed by atoms with Crippen LogP contribution in [0, 0.1) is 11.8 Å². The van der Waals surface area contributed by atoms with E-state index in [1.165, 1.54) is 0 Å². The maximum absolute atomic E-state index is 14.6. The topological polar surface area (TPSA) is 112 Å². The van der Waals surface area contributed by atoms with Crippen molar-refractivity contribution in [1.82, 2.24) is 26.2 Å². The number of rotatable bonds is 6. The molecular formula is C16H29ClFN5O4S. The summed E-state index contributed by atoms with van der Waals surface area (Å²) < 4.78 is 44.3. The average molecular weight is 442 g/mol. The Morgan fingerprint density at radius 3 is 2.68 bits per heavy atom. The fourth-order valence-electron chi connectivity index (χ4n) is 3.97. The standard InChI is InChI=1S/C16H29ClFN5O4S/c1-10-8-23(21-19-10)12-6-13(15(18)14(17)7-12)16(24)20-22-28(25,26)9-11-2-4-27-5-3-11/h10-15,19,21-22H,2-9H2,1H3,(H,20,24). The molecule has 1 aliphatic carbocycles. The number of halogens is 2. The molecule has 5 atom stereocenters.